The second-order valence-electron chi connectivity index (χ2n) is 8.34. The van der Waals surface area contributed by atoms with Crippen molar-refractivity contribution in [3.05, 3.63) is 89.4 Å². The molecular weight excluding hydrogens is 454 g/mol. The Morgan fingerprint density at radius 2 is 1.68 bits per heavy atom. The Kier molecular flexibility index (Phi) is 6.38. The van der Waals surface area contributed by atoms with Gasteiger partial charge in [0.1, 0.15) is 11.4 Å². The predicted octanol–water partition coefficient (Wildman–Crippen LogP) is 6.26. The van der Waals surface area contributed by atoms with Gasteiger partial charge in [-0.3, -0.25) is 5.32 Å². The van der Waals surface area contributed by atoms with Crippen LogP contribution in [-0.2, 0) is 9.68 Å². The Morgan fingerprint density at radius 1 is 0.971 bits per heavy atom. The molecule has 1 spiro atoms. The van der Waals surface area contributed by atoms with Gasteiger partial charge in [-0.2, -0.15) is 0 Å². The summed E-state index contributed by atoms with van der Waals surface area (Å²) in [5.41, 5.74) is 2.10. The van der Waals surface area contributed by atoms with Crippen LogP contribution < -0.4 is 10.1 Å². The normalized spacial score (nSPS) is 17.0. The van der Waals surface area contributed by atoms with Gasteiger partial charge in [-0.25, -0.2) is 4.79 Å². The number of amides is 1. The van der Waals surface area contributed by atoms with Gasteiger partial charge < -0.3 is 14.4 Å². The highest BCUT2D eigenvalue weighted by Crippen LogP contribution is 2.36. The van der Waals surface area contributed by atoms with Crippen LogP contribution >= 0.6 is 11.6 Å². The summed E-state index contributed by atoms with van der Waals surface area (Å²) >= 11 is 5.98. The summed E-state index contributed by atoms with van der Waals surface area (Å²) in [6.45, 7) is 1.11. The summed E-state index contributed by atoms with van der Waals surface area (Å²) in [7, 11) is 0. The molecule has 0 atom stereocenters. The van der Waals surface area contributed by atoms with E-state index in [0.717, 1.165) is 17.7 Å². The Bertz CT molecular complexity index is 1180. The SMILES string of the molecule is O=C(Nc1ccccc1Oc1ccccc1)ON1CCC2(CC1)CC(c1ccc(Cl)cc1)=NO2. The molecule has 0 aliphatic carbocycles. The predicted molar refractivity (Wildman–Crippen MR) is 130 cm³/mol. The number of anilines is 1. The van der Waals surface area contributed by atoms with Crippen LogP contribution in [0.4, 0.5) is 10.5 Å². The van der Waals surface area contributed by atoms with Crippen molar-refractivity contribution in [3.8, 4) is 11.5 Å². The Balaban J connectivity index is 1.14. The van der Waals surface area contributed by atoms with Crippen LogP contribution in [0, 0.1) is 0 Å². The molecule has 2 aliphatic heterocycles. The van der Waals surface area contributed by atoms with E-state index in [0.29, 0.717) is 48.1 Å². The summed E-state index contributed by atoms with van der Waals surface area (Å²) in [5, 5.41) is 9.45. The maximum absolute atomic E-state index is 12.6. The number of benzene rings is 3. The molecule has 2 aliphatic rings. The molecule has 1 N–H and O–H groups in total. The number of piperidine rings is 1. The Labute approximate surface area is 202 Å². The number of hydrogen-bond donors (Lipinski definition) is 1. The van der Waals surface area contributed by atoms with Crippen molar-refractivity contribution >= 4 is 29.1 Å². The zero-order valence-corrected chi connectivity index (χ0v) is 19.2. The number of nitrogens with zero attached hydrogens (tertiary/aromatic N) is 2. The fraction of sp³-hybridized carbons (Fsp3) is 0.231. The number of ether oxygens (including phenoxy) is 1. The number of hydroxylamine groups is 2. The van der Waals surface area contributed by atoms with E-state index in [1.807, 2.05) is 66.7 Å². The van der Waals surface area contributed by atoms with Crippen LogP contribution in [0.1, 0.15) is 24.8 Å². The average molecular weight is 478 g/mol. The number of oxime groups is 1. The molecule has 1 fully saturated rings. The molecule has 1 saturated heterocycles. The van der Waals surface area contributed by atoms with Crippen LogP contribution in [0.25, 0.3) is 0 Å². The van der Waals surface area contributed by atoms with Gasteiger partial charge >= 0.3 is 6.09 Å². The summed E-state index contributed by atoms with van der Waals surface area (Å²) in [6, 6.07) is 24.2. The van der Waals surface area contributed by atoms with E-state index in [1.54, 1.807) is 17.2 Å². The first kappa shape index (κ1) is 22.3. The van der Waals surface area contributed by atoms with Crippen LogP contribution in [0.2, 0.25) is 5.02 Å². The smallest absolute Gasteiger partial charge is 0.430 e. The molecule has 0 unspecified atom stereocenters. The highest BCUT2D eigenvalue weighted by molar-refractivity contribution is 6.30. The van der Waals surface area contributed by atoms with Crippen molar-refractivity contribution in [1.82, 2.24) is 5.06 Å². The molecule has 7 nitrogen and oxygen atoms in total. The average Bonchev–Trinajstić information content (AvgIpc) is 3.27. The Morgan fingerprint density at radius 3 is 2.44 bits per heavy atom. The van der Waals surface area contributed by atoms with Gasteiger partial charge in [0.05, 0.1) is 11.4 Å². The number of carbonyl (C=O) groups is 1. The number of rotatable bonds is 5. The van der Waals surface area contributed by atoms with E-state index >= 15 is 0 Å². The van der Waals surface area contributed by atoms with E-state index in [9.17, 15) is 4.79 Å². The highest BCUT2D eigenvalue weighted by atomic mass is 35.5. The van der Waals surface area contributed by atoms with Gasteiger partial charge in [0.2, 0.25) is 0 Å². The lowest BCUT2D eigenvalue weighted by molar-refractivity contribution is -0.154. The highest BCUT2D eigenvalue weighted by Gasteiger charge is 2.43. The van der Waals surface area contributed by atoms with E-state index in [4.69, 9.17) is 26.0 Å². The molecule has 174 valence electrons. The van der Waals surface area contributed by atoms with E-state index in [2.05, 4.69) is 10.5 Å². The molecule has 0 saturated carbocycles. The van der Waals surface area contributed by atoms with Crippen molar-refractivity contribution in [1.29, 1.82) is 0 Å². The van der Waals surface area contributed by atoms with Crippen molar-refractivity contribution in [2.45, 2.75) is 24.9 Å². The quantitative estimate of drug-likeness (QED) is 0.470. The van der Waals surface area contributed by atoms with E-state index in [1.165, 1.54) is 0 Å². The molecule has 34 heavy (non-hydrogen) atoms. The third kappa shape index (κ3) is 5.16. The fourth-order valence-corrected chi connectivity index (χ4v) is 4.22. The van der Waals surface area contributed by atoms with Gasteiger partial charge in [-0.15, -0.1) is 5.06 Å². The lowest BCUT2D eigenvalue weighted by atomic mass is 9.86. The van der Waals surface area contributed by atoms with Gasteiger partial charge in [0.25, 0.3) is 0 Å². The molecule has 3 aromatic carbocycles. The van der Waals surface area contributed by atoms with Crippen molar-refractivity contribution in [3.63, 3.8) is 0 Å². The van der Waals surface area contributed by atoms with Crippen LogP contribution in [-0.4, -0.2) is 35.6 Å². The molecule has 1 amide bonds. The first-order chi connectivity index (χ1) is 16.6. The standard InChI is InChI=1S/C26H24ClN3O4/c27-20-12-10-19(11-13-20)23-18-26(34-29-23)14-16-30(17-15-26)33-25(31)28-22-8-4-5-9-24(22)32-21-6-2-1-3-7-21/h1-13H,14-18H2,(H,28,31). The third-order valence-electron chi connectivity index (χ3n) is 5.96. The second kappa shape index (κ2) is 9.75. The molecule has 2 heterocycles. The van der Waals surface area contributed by atoms with Crippen molar-refractivity contribution < 1.29 is 19.2 Å². The molecule has 0 radical (unpaired) electrons. The maximum Gasteiger partial charge on any atom is 0.430 e. The van der Waals surface area contributed by atoms with Gasteiger partial charge in [0.15, 0.2) is 5.75 Å². The summed E-state index contributed by atoms with van der Waals surface area (Å²) < 4.78 is 5.90. The Hall–Kier alpha value is -3.55. The van der Waals surface area contributed by atoms with Crippen LogP contribution in [0.15, 0.2) is 84.0 Å². The zero-order chi connectivity index (χ0) is 23.4. The molecule has 3 aromatic rings. The van der Waals surface area contributed by atoms with Crippen molar-refractivity contribution in [2.75, 3.05) is 18.4 Å². The molecule has 5 rings (SSSR count). The molecular formula is C26H24ClN3O4. The molecule has 8 heteroatoms. The summed E-state index contributed by atoms with van der Waals surface area (Å²) in [4.78, 5) is 24.0. The first-order valence-electron chi connectivity index (χ1n) is 11.2. The number of nitrogens with one attached hydrogen (secondary N) is 1. The van der Waals surface area contributed by atoms with Gasteiger partial charge in [-0.1, -0.05) is 59.2 Å². The summed E-state index contributed by atoms with van der Waals surface area (Å²) in [6.07, 6.45) is 1.56. The third-order valence-corrected chi connectivity index (χ3v) is 6.21. The number of carbonyl (C=O) groups excluding carboxylic acids is 1. The number of para-hydroxylation sites is 3. The molecule has 0 bridgehead atoms. The zero-order valence-electron chi connectivity index (χ0n) is 18.4. The van der Waals surface area contributed by atoms with E-state index in [-0.39, 0.29) is 5.60 Å². The van der Waals surface area contributed by atoms with Gasteiger partial charge in [-0.05, 0) is 42.0 Å². The lowest BCUT2D eigenvalue weighted by Gasteiger charge is -2.35. The minimum Gasteiger partial charge on any atom is -0.455 e. The van der Waals surface area contributed by atoms with Gasteiger partial charge in [0, 0.05) is 37.4 Å². The van der Waals surface area contributed by atoms with E-state index < -0.39 is 6.09 Å². The maximum atomic E-state index is 12.6. The topological polar surface area (TPSA) is 72.4 Å². The lowest BCUT2D eigenvalue weighted by Crippen LogP contribution is -2.45. The second-order valence-corrected chi connectivity index (χ2v) is 8.78. The fourth-order valence-electron chi connectivity index (χ4n) is 4.10. The minimum absolute atomic E-state index is 0.360. The number of halogens is 1. The summed E-state index contributed by atoms with van der Waals surface area (Å²) in [5.74, 6) is 1.22. The van der Waals surface area contributed by atoms with Crippen LogP contribution in [0.5, 0.6) is 11.5 Å². The molecule has 0 aromatic heterocycles. The van der Waals surface area contributed by atoms with Crippen molar-refractivity contribution in [2.24, 2.45) is 5.16 Å². The largest absolute Gasteiger partial charge is 0.455 e. The number of hydrogen-bond acceptors (Lipinski definition) is 6. The first-order valence-corrected chi connectivity index (χ1v) is 11.5. The minimum atomic E-state index is -0.564. The monoisotopic (exact) mass is 477 g/mol. The van der Waals surface area contributed by atoms with Crippen LogP contribution in [0.3, 0.4) is 0 Å².